The average molecular weight is 672 g/mol. The zero-order valence-electron chi connectivity index (χ0n) is 27.1. The van der Waals surface area contributed by atoms with E-state index < -0.39 is 17.5 Å². The Morgan fingerprint density at radius 1 is 1.16 bits per heavy atom. The van der Waals surface area contributed by atoms with Gasteiger partial charge in [-0.05, 0) is 98.8 Å². The lowest BCUT2D eigenvalue weighted by molar-refractivity contribution is -0.138. The monoisotopic (exact) mass is 671 g/mol. The minimum Gasteiger partial charge on any atom is -0.424 e. The van der Waals surface area contributed by atoms with Gasteiger partial charge in [-0.2, -0.15) is 0 Å². The van der Waals surface area contributed by atoms with Crippen LogP contribution in [0.3, 0.4) is 0 Å². The Morgan fingerprint density at radius 3 is 2.67 bits per heavy atom. The number of hydrogen-bond acceptors (Lipinski definition) is 9. The van der Waals surface area contributed by atoms with Crippen LogP contribution in [0.25, 0.3) is 10.4 Å². The summed E-state index contributed by atoms with van der Waals surface area (Å²) in [6.07, 6.45) is 5.50. The van der Waals surface area contributed by atoms with E-state index in [9.17, 15) is 14.7 Å². The molecule has 2 atom stereocenters. The zero-order valence-corrected chi connectivity index (χ0v) is 29.6. The van der Waals surface area contributed by atoms with Gasteiger partial charge in [0, 0.05) is 39.9 Å². The van der Waals surface area contributed by atoms with E-state index in [1.165, 1.54) is 10.4 Å². The topological polar surface area (TPSA) is 90.9 Å². The molecule has 1 aliphatic rings. The first-order valence-corrected chi connectivity index (χ1v) is 18.3. The summed E-state index contributed by atoms with van der Waals surface area (Å²) in [7, 11) is 0. The Morgan fingerprint density at radius 2 is 1.98 bits per heavy atom. The van der Waals surface area contributed by atoms with Gasteiger partial charge in [0.05, 0.1) is 10.3 Å². The first-order chi connectivity index (χ1) is 21.6. The normalized spacial score (nSPS) is 15.6. The molecule has 0 bridgehead atoms. The molecule has 0 spiro atoms. The summed E-state index contributed by atoms with van der Waals surface area (Å²) in [6.45, 7) is 11.0. The van der Waals surface area contributed by atoms with Crippen molar-refractivity contribution in [3.63, 3.8) is 0 Å². The maximum Gasteiger partial charge on any atom is 0.330 e. The van der Waals surface area contributed by atoms with Gasteiger partial charge in [0.1, 0.15) is 12.3 Å². The molecule has 2 aromatic heterocycles. The molecule has 3 aromatic rings. The van der Waals surface area contributed by atoms with Crippen LogP contribution < -0.4 is 15.4 Å². The minimum atomic E-state index is -0.840. The number of aliphatic hydroxyl groups excluding tert-OH is 1. The summed E-state index contributed by atoms with van der Waals surface area (Å²) in [4.78, 5) is 31.3. The second kappa shape index (κ2) is 17.1. The second-order valence-corrected chi connectivity index (χ2v) is 15.5. The molecule has 2 heterocycles. The van der Waals surface area contributed by atoms with Crippen LogP contribution in [0, 0.1) is 5.41 Å². The van der Waals surface area contributed by atoms with Crippen molar-refractivity contribution in [2.45, 2.75) is 89.0 Å². The number of nitrogens with zero attached hydrogens (tertiary/aromatic N) is 1. The predicted molar refractivity (Wildman–Crippen MR) is 189 cm³/mol. The summed E-state index contributed by atoms with van der Waals surface area (Å²) < 4.78 is 7.00. The Hall–Kier alpha value is -2.21. The fraction of sp³-hybridized carbons (Fsp3) is 0.543. The van der Waals surface area contributed by atoms with Gasteiger partial charge in [-0.25, -0.2) is 4.79 Å². The first kappa shape index (κ1) is 35.6. The number of carbonyl (C=O) groups excluding carboxylic acids is 2. The molecule has 0 fully saturated rings. The molecule has 7 nitrogen and oxygen atoms in total. The third kappa shape index (κ3) is 10.1. The number of thiol groups is 1. The number of esters is 1. The second-order valence-electron chi connectivity index (χ2n) is 12.6. The molecule has 1 aliphatic carbocycles. The summed E-state index contributed by atoms with van der Waals surface area (Å²) in [5.74, 6) is -0.200. The van der Waals surface area contributed by atoms with Crippen LogP contribution in [0.4, 0.5) is 0 Å². The lowest BCUT2D eigenvalue weighted by Crippen LogP contribution is -2.43. The van der Waals surface area contributed by atoms with E-state index in [-0.39, 0.29) is 18.9 Å². The number of nitrogens with one attached hydrogen (secondary N) is 2. The molecule has 3 N–H and O–H groups in total. The number of rotatable bonds is 17. The summed E-state index contributed by atoms with van der Waals surface area (Å²) in [5, 5.41) is 18.5. The molecular weight excluding hydrogens is 623 g/mol. The van der Waals surface area contributed by atoms with Crippen molar-refractivity contribution < 1.29 is 19.4 Å². The number of ether oxygens (including phenoxy) is 1. The van der Waals surface area contributed by atoms with Crippen LogP contribution in [0.2, 0.25) is 0 Å². The highest BCUT2D eigenvalue weighted by Crippen LogP contribution is 2.42. The molecule has 2 unspecified atom stereocenters. The third-order valence-electron chi connectivity index (χ3n) is 8.43. The van der Waals surface area contributed by atoms with Gasteiger partial charge in [-0.3, -0.25) is 9.69 Å². The molecule has 10 heteroatoms. The lowest BCUT2D eigenvalue weighted by atomic mass is 9.85. The van der Waals surface area contributed by atoms with Crippen molar-refractivity contribution >= 4 is 47.2 Å². The Bertz CT molecular complexity index is 1390. The van der Waals surface area contributed by atoms with Crippen LogP contribution in [0.1, 0.15) is 69.4 Å². The third-order valence-corrected chi connectivity index (χ3v) is 10.7. The van der Waals surface area contributed by atoms with Crippen LogP contribution in [-0.2, 0) is 28.9 Å². The Labute approximate surface area is 282 Å². The number of benzene rings is 1. The fourth-order valence-electron chi connectivity index (χ4n) is 6.11. The summed E-state index contributed by atoms with van der Waals surface area (Å²) in [6, 6.07) is 13.0. The van der Waals surface area contributed by atoms with E-state index >= 15 is 0 Å². The van der Waals surface area contributed by atoms with E-state index in [1.54, 1.807) is 25.2 Å². The molecule has 0 saturated heterocycles. The summed E-state index contributed by atoms with van der Waals surface area (Å²) >= 11 is 7.89. The molecule has 0 radical (unpaired) electrons. The van der Waals surface area contributed by atoms with Crippen LogP contribution in [0.5, 0.6) is 5.75 Å². The van der Waals surface area contributed by atoms with Crippen molar-refractivity contribution in [3.8, 4) is 16.2 Å². The SMILES string of the molecule is CCCNCC(O)CC(C)(C)C(=O)NCC(=O)Oc1c(-c2ccc(S)s2)ccc2c1CCC(N(CCC)CCc1cccs1)C2. The van der Waals surface area contributed by atoms with E-state index in [2.05, 4.69) is 71.7 Å². The van der Waals surface area contributed by atoms with Crippen molar-refractivity contribution in [2.24, 2.45) is 5.41 Å². The molecule has 1 aromatic carbocycles. The van der Waals surface area contributed by atoms with Gasteiger partial charge >= 0.3 is 5.97 Å². The standard InChI is InChI=1S/C35H49N3O4S3/c1-5-16-36-22-26(39)21-35(3,4)34(41)37-23-31(40)42-33-28-12-10-25(38(17-6-2)18-15-27-8-7-19-44-27)20-24(28)9-11-29(33)30-13-14-32(43)45-30/h7-9,11,13-14,19,25-26,36,39,43H,5-6,10,12,15-18,20-23H2,1-4H3,(H,37,41). The van der Waals surface area contributed by atoms with Crippen molar-refractivity contribution in [3.05, 3.63) is 57.8 Å². The highest BCUT2D eigenvalue weighted by Gasteiger charge is 2.32. The maximum atomic E-state index is 13.3. The number of amides is 1. The van der Waals surface area contributed by atoms with Gasteiger partial charge in [0.25, 0.3) is 0 Å². The van der Waals surface area contributed by atoms with Gasteiger partial charge < -0.3 is 20.5 Å². The smallest absolute Gasteiger partial charge is 0.330 e. The Kier molecular flexibility index (Phi) is 13.5. The van der Waals surface area contributed by atoms with Crippen LogP contribution in [0.15, 0.2) is 46.0 Å². The number of aliphatic hydroxyl groups is 1. The number of fused-ring (bicyclic) bond motifs is 1. The predicted octanol–water partition coefficient (Wildman–Crippen LogP) is 6.38. The van der Waals surface area contributed by atoms with E-state index in [4.69, 9.17) is 4.74 Å². The molecule has 0 saturated carbocycles. The average Bonchev–Trinajstić information content (AvgIpc) is 3.69. The number of hydrogen-bond donors (Lipinski definition) is 4. The fourth-order valence-corrected chi connectivity index (χ4v) is 7.95. The Balaban J connectivity index is 1.46. The van der Waals surface area contributed by atoms with E-state index in [0.29, 0.717) is 18.3 Å². The highest BCUT2D eigenvalue weighted by molar-refractivity contribution is 7.83. The van der Waals surface area contributed by atoms with E-state index in [0.717, 1.165) is 78.4 Å². The van der Waals surface area contributed by atoms with E-state index in [1.807, 2.05) is 23.5 Å². The zero-order chi connectivity index (χ0) is 32.4. The summed E-state index contributed by atoms with van der Waals surface area (Å²) in [5.41, 5.74) is 2.33. The lowest BCUT2D eigenvalue weighted by Gasteiger charge is -2.36. The van der Waals surface area contributed by atoms with Gasteiger partial charge in [-0.15, -0.1) is 35.3 Å². The molecular formula is C35H49N3O4S3. The van der Waals surface area contributed by atoms with Gasteiger partial charge in [0.15, 0.2) is 0 Å². The largest absolute Gasteiger partial charge is 0.424 e. The van der Waals surface area contributed by atoms with Crippen LogP contribution >= 0.6 is 35.3 Å². The van der Waals surface area contributed by atoms with Crippen molar-refractivity contribution in [1.82, 2.24) is 15.5 Å². The highest BCUT2D eigenvalue weighted by atomic mass is 32.2. The van der Waals surface area contributed by atoms with Gasteiger partial charge in [-0.1, -0.05) is 39.8 Å². The number of carbonyl (C=O) groups is 2. The first-order valence-electron chi connectivity index (χ1n) is 16.2. The number of thiophene rings is 2. The molecule has 1 amide bonds. The van der Waals surface area contributed by atoms with Crippen molar-refractivity contribution in [1.29, 1.82) is 0 Å². The molecule has 45 heavy (non-hydrogen) atoms. The molecule has 0 aliphatic heterocycles. The van der Waals surface area contributed by atoms with Crippen LogP contribution in [-0.4, -0.2) is 66.8 Å². The van der Waals surface area contributed by atoms with Crippen molar-refractivity contribution in [2.75, 3.05) is 32.7 Å². The molecule has 246 valence electrons. The quantitative estimate of drug-likeness (QED) is 0.0577. The van der Waals surface area contributed by atoms with Gasteiger partial charge in [0.2, 0.25) is 5.91 Å². The minimum absolute atomic E-state index is 0.243. The maximum absolute atomic E-state index is 13.3. The molecule has 4 rings (SSSR count).